The van der Waals surface area contributed by atoms with Crippen molar-refractivity contribution in [3.8, 4) is 0 Å². The Balaban J connectivity index is 2.41. The molecule has 11 nitrogen and oxygen atoms in total. The minimum absolute atomic E-state index is 0.255. The summed E-state index contributed by atoms with van der Waals surface area (Å²) in [5.74, 6) is -0.700. The summed E-state index contributed by atoms with van der Waals surface area (Å²) < 4.78 is 11.1. The van der Waals surface area contributed by atoms with E-state index < -0.39 is 74.2 Å². The van der Waals surface area contributed by atoms with E-state index in [0.717, 1.165) is 51.4 Å². The quantitative estimate of drug-likeness (QED) is 0.0219. The van der Waals surface area contributed by atoms with Crippen molar-refractivity contribution < 1.29 is 50.0 Å². The van der Waals surface area contributed by atoms with Crippen LogP contribution < -0.4 is 5.32 Å². The first kappa shape index (κ1) is 55.9. The van der Waals surface area contributed by atoms with Gasteiger partial charge in [-0.3, -0.25) is 4.79 Å². The molecule has 8 N–H and O–H groups in total. The maximum atomic E-state index is 13.1. The van der Waals surface area contributed by atoms with Gasteiger partial charge in [-0.05, 0) is 38.5 Å². The highest BCUT2D eigenvalue weighted by atomic mass is 16.7. The molecule has 1 rings (SSSR count). The van der Waals surface area contributed by atoms with Crippen LogP contribution in [0.15, 0.2) is 12.2 Å². The second kappa shape index (κ2) is 38.5. The van der Waals surface area contributed by atoms with Crippen molar-refractivity contribution in [1.82, 2.24) is 5.32 Å². The smallest absolute Gasteiger partial charge is 0.249 e. The van der Waals surface area contributed by atoms with Crippen molar-refractivity contribution >= 4 is 5.91 Å². The summed E-state index contributed by atoms with van der Waals surface area (Å²) in [6.45, 7) is 3.44. The van der Waals surface area contributed by atoms with Crippen LogP contribution in [0.1, 0.15) is 219 Å². The highest BCUT2D eigenvalue weighted by Gasteiger charge is 2.44. The lowest BCUT2D eigenvalue weighted by atomic mass is 9.98. The first-order valence-electron chi connectivity index (χ1n) is 24.6. The molecule has 11 heteroatoms. The van der Waals surface area contributed by atoms with Gasteiger partial charge in [0.1, 0.15) is 36.6 Å². The Morgan fingerprint density at radius 2 is 0.983 bits per heavy atom. The third-order valence-electron chi connectivity index (χ3n) is 12.1. The van der Waals surface area contributed by atoms with Gasteiger partial charge in [-0.2, -0.15) is 0 Å². The van der Waals surface area contributed by atoms with Crippen molar-refractivity contribution in [3.63, 3.8) is 0 Å². The SMILES string of the molecule is CCCCCCCCCCC/C=C\CCCCCCCCC(O)C(=O)NC(COC1OC(CO)C(O)C(O)C1O)C(O)C(O)CCCCCCCCCCCCCCC. The molecule has 0 aromatic carbocycles. The van der Waals surface area contributed by atoms with E-state index in [1.54, 1.807) is 0 Å². The number of allylic oxidation sites excluding steroid dienone is 2. The third kappa shape index (κ3) is 28.2. The molecule has 350 valence electrons. The highest BCUT2D eigenvalue weighted by molar-refractivity contribution is 5.80. The number of unbranched alkanes of at least 4 members (excludes halogenated alkanes) is 27. The number of ether oxygens (including phenoxy) is 2. The highest BCUT2D eigenvalue weighted by Crippen LogP contribution is 2.23. The zero-order valence-electron chi connectivity index (χ0n) is 37.7. The van der Waals surface area contributed by atoms with Crippen molar-refractivity contribution in [2.75, 3.05) is 13.2 Å². The molecule has 1 aliphatic heterocycles. The van der Waals surface area contributed by atoms with E-state index in [0.29, 0.717) is 19.3 Å². The van der Waals surface area contributed by atoms with Crippen LogP contribution in [0.3, 0.4) is 0 Å². The molecule has 9 unspecified atom stereocenters. The molecule has 1 fully saturated rings. The number of carbonyl (C=O) groups is 1. The van der Waals surface area contributed by atoms with Gasteiger partial charge >= 0.3 is 0 Å². The molecule has 1 saturated heterocycles. The van der Waals surface area contributed by atoms with E-state index in [1.165, 1.54) is 128 Å². The lowest BCUT2D eigenvalue weighted by molar-refractivity contribution is -0.303. The minimum Gasteiger partial charge on any atom is -0.394 e. The molecule has 0 aromatic rings. The summed E-state index contributed by atoms with van der Waals surface area (Å²) in [4.78, 5) is 13.1. The molecule has 9 atom stereocenters. The molecular formula is C48H93NO10. The Bertz CT molecular complexity index is 970. The Kier molecular flexibility index (Phi) is 36.5. The topological polar surface area (TPSA) is 189 Å². The first-order valence-corrected chi connectivity index (χ1v) is 24.6. The van der Waals surface area contributed by atoms with Gasteiger partial charge < -0.3 is 50.5 Å². The average molecular weight is 844 g/mol. The molecule has 0 aliphatic carbocycles. The van der Waals surface area contributed by atoms with Gasteiger partial charge in [-0.1, -0.05) is 193 Å². The van der Waals surface area contributed by atoms with E-state index in [2.05, 4.69) is 31.3 Å². The maximum Gasteiger partial charge on any atom is 0.249 e. The summed E-state index contributed by atoms with van der Waals surface area (Å²) in [5, 5.41) is 75.7. The summed E-state index contributed by atoms with van der Waals surface area (Å²) in [6, 6.07) is -1.17. The molecule has 59 heavy (non-hydrogen) atoms. The number of nitrogens with one attached hydrogen (secondary N) is 1. The summed E-state index contributed by atoms with van der Waals surface area (Å²) in [6.07, 6.45) is 29.7. The Hall–Kier alpha value is -1.15. The van der Waals surface area contributed by atoms with Crippen molar-refractivity contribution in [3.05, 3.63) is 12.2 Å². The molecule has 1 amide bonds. The van der Waals surface area contributed by atoms with E-state index >= 15 is 0 Å². The average Bonchev–Trinajstić information content (AvgIpc) is 3.23. The van der Waals surface area contributed by atoms with Crippen LogP contribution in [0.4, 0.5) is 0 Å². The maximum absolute atomic E-state index is 13.1. The van der Waals surface area contributed by atoms with Gasteiger partial charge in [0.15, 0.2) is 6.29 Å². The fourth-order valence-electron chi connectivity index (χ4n) is 7.96. The summed E-state index contributed by atoms with van der Waals surface area (Å²) in [5.41, 5.74) is 0. The standard InChI is InChI=1S/C48H93NO10/c1-3-5-7-9-11-13-15-17-18-19-20-21-22-24-26-28-30-32-34-36-41(52)47(57)49-39(38-58-48-46(56)45(55)44(54)42(37-50)59-48)43(53)40(51)35-33-31-29-27-25-23-16-14-12-10-8-6-4-2/h20-21,39-46,48,50-56H,3-19,22-38H2,1-2H3,(H,49,57)/b21-20-. The van der Waals surface area contributed by atoms with Gasteiger partial charge in [0.2, 0.25) is 5.91 Å². The zero-order valence-corrected chi connectivity index (χ0v) is 37.7. The summed E-state index contributed by atoms with van der Waals surface area (Å²) in [7, 11) is 0. The van der Waals surface area contributed by atoms with Crippen LogP contribution in [-0.2, 0) is 14.3 Å². The minimum atomic E-state index is -1.66. The second-order valence-corrected chi connectivity index (χ2v) is 17.5. The molecule has 1 heterocycles. The number of aliphatic hydroxyl groups is 7. The fraction of sp³-hybridized carbons (Fsp3) is 0.938. The van der Waals surface area contributed by atoms with Crippen LogP contribution in [0.25, 0.3) is 0 Å². The van der Waals surface area contributed by atoms with Crippen LogP contribution in [-0.4, -0.2) is 110 Å². The number of hydrogen-bond acceptors (Lipinski definition) is 10. The molecule has 0 radical (unpaired) electrons. The van der Waals surface area contributed by atoms with E-state index in [-0.39, 0.29) is 6.42 Å². The van der Waals surface area contributed by atoms with Gasteiger partial charge in [0.05, 0.1) is 25.4 Å². The van der Waals surface area contributed by atoms with Gasteiger partial charge in [-0.15, -0.1) is 0 Å². The number of amides is 1. The second-order valence-electron chi connectivity index (χ2n) is 17.5. The van der Waals surface area contributed by atoms with E-state index in [1.807, 2.05) is 0 Å². The Morgan fingerprint density at radius 3 is 1.42 bits per heavy atom. The molecule has 1 aliphatic rings. The monoisotopic (exact) mass is 844 g/mol. The lowest BCUT2D eigenvalue weighted by Crippen LogP contribution is -2.60. The largest absolute Gasteiger partial charge is 0.394 e. The van der Waals surface area contributed by atoms with Gasteiger partial charge in [0.25, 0.3) is 0 Å². The molecule has 0 spiro atoms. The Morgan fingerprint density at radius 1 is 0.576 bits per heavy atom. The van der Waals surface area contributed by atoms with Gasteiger partial charge in [-0.25, -0.2) is 0 Å². The van der Waals surface area contributed by atoms with Crippen LogP contribution in [0.2, 0.25) is 0 Å². The molecule has 0 bridgehead atoms. The third-order valence-corrected chi connectivity index (χ3v) is 12.1. The zero-order chi connectivity index (χ0) is 43.4. The normalized spacial score (nSPS) is 21.8. The first-order chi connectivity index (χ1) is 28.7. The Labute approximate surface area is 360 Å². The number of hydrogen-bond donors (Lipinski definition) is 8. The number of rotatable bonds is 41. The van der Waals surface area contributed by atoms with E-state index in [9.17, 15) is 40.5 Å². The predicted octanol–water partition coefficient (Wildman–Crippen LogP) is 8.45. The van der Waals surface area contributed by atoms with Crippen LogP contribution in [0.5, 0.6) is 0 Å². The number of carbonyl (C=O) groups excluding carboxylic acids is 1. The van der Waals surface area contributed by atoms with Crippen LogP contribution >= 0.6 is 0 Å². The van der Waals surface area contributed by atoms with Crippen molar-refractivity contribution in [2.45, 2.75) is 274 Å². The molecule has 0 aromatic heterocycles. The lowest BCUT2D eigenvalue weighted by Gasteiger charge is -2.40. The predicted molar refractivity (Wildman–Crippen MR) is 238 cm³/mol. The fourth-order valence-corrected chi connectivity index (χ4v) is 7.96. The van der Waals surface area contributed by atoms with E-state index in [4.69, 9.17) is 9.47 Å². The molecular weight excluding hydrogens is 751 g/mol. The van der Waals surface area contributed by atoms with Crippen molar-refractivity contribution in [1.29, 1.82) is 0 Å². The van der Waals surface area contributed by atoms with Crippen molar-refractivity contribution in [2.24, 2.45) is 0 Å². The number of aliphatic hydroxyl groups excluding tert-OH is 7. The van der Waals surface area contributed by atoms with Gasteiger partial charge in [0, 0.05) is 0 Å². The summed E-state index contributed by atoms with van der Waals surface area (Å²) >= 11 is 0. The van der Waals surface area contributed by atoms with Crippen LogP contribution in [0, 0.1) is 0 Å². The molecule has 0 saturated carbocycles.